The minimum absolute atomic E-state index is 0.00321. The average Bonchev–Trinajstić information content (AvgIpc) is 2.40. The van der Waals surface area contributed by atoms with Gasteiger partial charge in [0.15, 0.2) is 0 Å². The van der Waals surface area contributed by atoms with Crippen molar-refractivity contribution in [3.63, 3.8) is 0 Å². The maximum atomic E-state index is 10.9. The van der Waals surface area contributed by atoms with Crippen LogP contribution >= 0.6 is 11.6 Å². The van der Waals surface area contributed by atoms with Gasteiger partial charge in [-0.15, -0.1) is 0 Å². The molecule has 2 N–H and O–H groups in total. The fraction of sp³-hybridized carbons (Fsp3) is 0.538. The number of aliphatic hydroxyl groups is 1. The third-order valence-corrected chi connectivity index (χ3v) is 3.72. The number of nitrogens with zero attached hydrogens (tertiary/aromatic N) is 1. The number of rotatable bonds is 7. The highest BCUT2D eigenvalue weighted by Gasteiger charge is 2.22. The molecule has 1 aromatic carbocycles. The van der Waals surface area contributed by atoms with E-state index in [-0.39, 0.29) is 12.2 Å². The molecule has 19 heavy (non-hydrogen) atoms. The van der Waals surface area contributed by atoms with Crippen molar-refractivity contribution < 1.29 is 10.0 Å². The highest BCUT2D eigenvalue weighted by Crippen LogP contribution is 2.26. The molecule has 0 spiro atoms. The normalized spacial score (nSPS) is 11.6. The SMILES string of the molecule is CCC(O)(CC)CNCc1c(Cl)cccc1[N+](=O)[O-]. The molecule has 5 nitrogen and oxygen atoms in total. The molecule has 0 aliphatic heterocycles. The van der Waals surface area contributed by atoms with E-state index in [2.05, 4.69) is 5.32 Å². The Morgan fingerprint density at radius 2 is 2.05 bits per heavy atom. The Labute approximate surface area is 117 Å². The van der Waals surface area contributed by atoms with Crippen molar-refractivity contribution in [1.29, 1.82) is 0 Å². The van der Waals surface area contributed by atoms with E-state index in [1.165, 1.54) is 6.07 Å². The number of nitro benzene ring substituents is 1. The number of hydrogen-bond donors (Lipinski definition) is 2. The van der Waals surface area contributed by atoms with E-state index in [0.717, 1.165) is 0 Å². The van der Waals surface area contributed by atoms with Gasteiger partial charge in [-0.05, 0) is 18.9 Å². The molecule has 106 valence electrons. The molecule has 1 rings (SSSR count). The van der Waals surface area contributed by atoms with E-state index >= 15 is 0 Å². The predicted molar refractivity (Wildman–Crippen MR) is 75.3 cm³/mol. The fourth-order valence-electron chi connectivity index (χ4n) is 1.81. The minimum atomic E-state index is -0.782. The highest BCUT2D eigenvalue weighted by molar-refractivity contribution is 6.31. The molecule has 0 unspecified atom stereocenters. The lowest BCUT2D eigenvalue weighted by atomic mass is 9.97. The predicted octanol–water partition coefficient (Wildman–Crippen LogP) is 2.89. The summed E-state index contributed by atoms with van der Waals surface area (Å²) in [6, 6.07) is 4.60. The average molecular weight is 287 g/mol. The number of nitrogens with one attached hydrogen (secondary N) is 1. The van der Waals surface area contributed by atoms with Gasteiger partial charge in [0.1, 0.15) is 0 Å². The maximum Gasteiger partial charge on any atom is 0.275 e. The van der Waals surface area contributed by atoms with Crippen LogP contribution in [0.2, 0.25) is 5.02 Å². The zero-order valence-corrected chi connectivity index (χ0v) is 11.9. The smallest absolute Gasteiger partial charge is 0.275 e. The number of halogens is 1. The van der Waals surface area contributed by atoms with Crippen molar-refractivity contribution in [2.75, 3.05) is 6.54 Å². The van der Waals surface area contributed by atoms with E-state index < -0.39 is 10.5 Å². The second-order valence-electron chi connectivity index (χ2n) is 4.53. The number of nitro groups is 1. The first-order chi connectivity index (χ1) is 8.93. The van der Waals surface area contributed by atoms with Crippen molar-refractivity contribution in [3.8, 4) is 0 Å². The van der Waals surface area contributed by atoms with Crippen LogP contribution in [0.3, 0.4) is 0 Å². The molecule has 0 amide bonds. The van der Waals surface area contributed by atoms with Crippen LogP contribution in [0.1, 0.15) is 32.3 Å². The monoisotopic (exact) mass is 286 g/mol. The number of benzene rings is 1. The van der Waals surface area contributed by atoms with E-state index in [1.54, 1.807) is 12.1 Å². The molecular weight excluding hydrogens is 268 g/mol. The second-order valence-corrected chi connectivity index (χ2v) is 4.94. The molecule has 0 saturated carbocycles. The molecule has 0 fully saturated rings. The molecule has 0 aliphatic rings. The zero-order chi connectivity index (χ0) is 14.5. The Hall–Kier alpha value is -1.17. The minimum Gasteiger partial charge on any atom is -0.389 e. The summed E-state index contributed by atoms with van der Waals surface area (Å²) >= 11 is 5.98. The van der Waals surface area contributed by atoms with Gasteiger partial charge >= 0.3 is 0 Å². The summed E-state index contributed by atoms with van der Waals surface area (Å²) in [6.45, 7) is 4.45. The third kappa shape index (κ3) is 4.16. The fourth-order valence-corrected chi connectivity index (χ4v) is 2.05. The van der Waals surface area contributed by atoms with Crippen LogP contribution in [0, 0.1) is 10.1 Å². The summed E-state index contributed by atoms with van der Waals surface area (Å²) in [6.07, 6.45) is 1.25. The number of hydrogen-bond acceptors (Lipinski definition) is 4. The van der Waals surface area contributed by atoms with Gasteiger partial charge in [-0.2, -0.15) is 0 Å². The Balaban J connectivity index is 2.76. The lowest BCUT2D eigenvalue weighted by molar-refractivity contribution is -0.385. The second kappa shape index (κ2) is 6.84. The summed E-state index contributed by atoms with van der Waals surface area (Å²) < 4.78 is 0. The van der Waals surface area contributed by atoms with Gasteiger partial charge < -0.3 is 10.4 Å². The molecule has 6 heteroatoms. The molecule has 0 saturated heterocycles. The summed E-state index contributed by atoms with van der Waals surface area (Å²) in [7, 11) is 0. The van der Waals surface area contributed by atoms with Crippen molar-refractivity contribution in [3.05, 3.63) is 38.9 Å². The summed E-state index contributed by atoms with van der Waals surface area (Å²) in [5.74, 6) is 0. The van der Waals surface area contributed by atoms with Gasteiger partial charge in [0.25, 0.3) is 5.69 Å². The van der Waals surface area contributed by atoms with Crippen molar-refractivity contribution in [2.24, 2.45) is 0 Å². The van der Waals surface area contributed by atoms with Crippen LogP contribution in [0.4, 0.5) is 5.69 Å². The van der Waals surface area contributed by atoms with Gasteiger partial charge in [-0.25, -0.2) is 0 Å². The molecule has 0 atom stereocenters. The van der Waals surface area contributed by atoms with E-state index in [1.807, 2.05) is 13.8 Å². The molecule has 0 heterocycles. The molecule has 0 radical (unpaired) electrons. The van der Waals surface area contributed by atoms with E-state index in [0.29, 0.717) is 30.0 Å². The van der Waals surface area contributed by atoms with Crippen LogP contribution in [0.15, 0.2) is 18.2 Å². The Morgan fingerprint density at radius 1 is 1.42 bits per heavy atom. The topological polar surface area (TPSA) is 75.4 Å². The maximum absolute atomic E-state index is 10.9. The van der Waals surface area contributed by atoms with Crippen molar-refractivity contribution >= 4 is 17.3 Å². The quantitative estimate of drug-likeness (QED) is 0.597. The lowest BCUT2D eigenvalue weighted by Gasteiger charge is -2.25. The van der Waals surface area contributed by atoms with Crippen LogP contribution in [0.25, 0.3) is 0 Å². The van der Waals surface area contributed by atoms with Gasteiger partial charge in [-0.1, -0.05) is 31.5 Å². The standard InChI is InChI=1S/C13H19ClN2O3/c1-3-13(17,4-2)9-15-8-10-11(14)6-5-7-12(10)16(18)19/h5-7,15,17H,3-4,8-9H2,1-2H3. The first-order valence-electron chi connectivity index (χ1n) is 6.28. The summed E-state index contributed by atoms with van der Waals surface area (Å²) in [5, 5.41) is 24.4. The molecule has 0 bridgehead atoms. The van der Waals surface area contributed by atoms with Crippen molar-refractivity contribution in [1.82, 2.24) is 5.32 Å². The molecule has 0 aromatic heterocycles. The first-order valence-corrected chi connectivity index (χ1v) is 6.66. The van der Waals surface area contributed by atoms with Crippen LogP contribution < -0.4 is 5.32 Å². The van der Waals surface area contributed by atoms with Crippen LogP contribution in [-0.2, 0) is 6.54 Å². The largest absolute Gasteiger partial charge is 0.389 e. The first kappa shape index (κ1) is 15.9. The Morgan fingerprint density at radius 3 is 2.58 bits per heavy atom. The van der Waals surface area contributed by atoms with Crippen LogP contribution in [-0.4, -0.2) is 22.2 Å². The zero-order valence-electron chi connectivity index (χ0n) is 11.1. The van der Waals surface area contributed by atoms with Gasteiger partial charge in [0, 0.05) is 19.2 Å². The van der Waals surface area contributed by atoms with E-state index in [9.17, 15) is 15.2 Å². The van der Waals surface area contributed by atoms with Gasteiger partial charge in [0.05, 0.1) is 21.1 Å². The summed E-state index contributed by atoms with van der Waals surface area (Å²) in [4.78, 5) is 10.5. The molecule has 0 aliphatic carbocycles. The van der Waals surface area contributed by atoms with Crippen LogP contribution in [0.5, 0.6) is 0 Å². The van der Waals surface area contributed by atoms with Crippen molar-refractivity contribution in [2.45, 2.75) is 38.8 Å². The molecule has 1 aromatic rings. The third-order valence-electron chi connectivity index (χ3n) is 3.36. The molecular formula is C13H19ClN2O3. The lowest BCUT2D eigenvalue weighted by Crippen LogP contribution is -2.39. The van der Waals surface area contributed by atoms with Gasteiger partial charge in [0.2, 0.25) is 0 Å². The highest BCUT2D eigenvalue weighted by atomic mass is 35.5. The summed E-state index contributed by atoms with van der Waals surface area (Å²) in [5.41, 5.74) is -0.337. The Bertz CT molecular complexity index is 448. The van der Waals surface area contributed by atoms with E-state index in [4.69, 9.17) is 11.6 Å². The Kier molecular flexibility index (Phi) is 5.72. The van der Waals surface area contributed by atoms with Gasteiger partial charge in [-0.3, -0.25) is 10.1 Å².